The van der Waals surface area contributed by atoms with Crippen LogP contribution < -0.4 is 9.80 Å². The standard InChI is InChI=1S/C14H12F3N3O3/c1-13(7-21)11(22)19-12(23)20(13,2)9-4-3-8(6-18)10(5-9)14(15,16)17/h3-5,21H,7H2,1-2H3/p+1. The molecule has 6 nitrogen and oxygen atoms in total. The Bertz CT molecular complexity index is 741. The van der Waals surface area contributed by atoms with Crippen molar-refractivity contribution in [1.82, 2.24) is 9.80 Å². The summed E-state index contributed by atoms with van der Waals surface area (Å²) < 4.78 is 38.4. The third kappa shape index (κ3) is 2.18. The van der Waals surface area contributed by atoms with Crippen LogP contribution in [0.15, 0.2) is 18.2 Å². The van der Waals surface area contributed by atoms with Gasteiger partial charge in [-0.1, -0.05) is 0 Å². The molecule has 1 aromatic rings. The fourth-order valence-corrected chi connectivity index (χ4v) is 2.53. The van der Waals surface area contributed by atoms with E-state index in [9.17, 15) is 27.9 Å². The molecule has 2 rings (SSSR count). The van der Waals surface area contributed by atoms with Crippen LogP contribution in [0.3, 0.4) is 0 Å². The van der Waals surface area contributed by atoms with Crippen LogP contribution in [0.25, 0.3) is 0 Å². The molecule has 1 aliphatic rings. The second-order valence-corrected chi connectivity index (χ2v) is 5.54. The number of rotatable bonds is 2. The number of hydrogen-bond donors (Lipinski definition) is 2. The van der Waals surface area contributed by atoms with Gasteiger partial charge < -0.3 is 5.11 Å². The highest BCUT2D eigenvalue weighted by Crippen LogP contribution is 2.40. The van der Waals surface area contributed by atoms with E-state index in [1.54, 1.807) is 0 Å². The molecule has 0 aromatic heterocycles. The summed E-state index contributed by atoms with van der Waals surface area (Å²) >= 11 is 0. The second kappa shape index (κ2) is 5.04. The number of hydrogen-bond acceptors (Lipinski definition) is 4. The van der Waals surface area contributed by atoms with Gasteiger partial charge in [0.1, 0.15) is 12.3 Å². The molecular weight excluding hydrogens is 315 g/mol. The summed E-state index contributed by atoms with van der Waals surface area (Å²) in [6, 6.07) is 3.35. The van der Waals surface area contributed by atoms with Gasteiger partial charge in [-0.15, -0.1) is 0 Å². The summed E-state index contributed by atoms with van der Waals surface area (Å²) in [6.45, 7) is 0.529. The Hall–Kier alpha value is -2.44. The van der Waals surface area contributed by atoms with Gasteiger partial charge in [0.05, 0.1) is 24.2 Å². The molecule has 1 aromatic carbocycles. The number of benzene rings is 1. The molecule has 1 aliphatic heterocycles. The second-order valence-electron chi connectivity index (χ2n) is 5.54. The van der Waals surface area contributed by atoms with E-state index in [-0.39, 0.29) is 5.69 Å². The Morgan fingerprint density at radius 3 is 2.48 bits per heavy atom. The van der Waals surface area contributed by atoms with Crippen LogP contribution in [0.4, 0.5) is 23.7 Å². The number of nitriles is 1. The largest absolute Gasteiger partial charge is 0.429 e. The molecule has 0 saturated carbocycles. The zero-order valence-corrected chi connectivity index (χ0v) is 12.2. The number of amides is 3. The first-order valence-electron chi connectivity index (χ1n) is 6.47. The third-order valence-corrected chi connectivity index (χ3v) is 4.36. The fraction of sp³-hybridized carbons (Fsp3) is 0.357. The van der Waals surface area contributed by atoms with Gasteiger partial charge in [-0.05, 0) is 6.07 Å². The minimum absolute atomic E-state index is 0.156. The summed E-state index contributed by atoms with van der Waals surface area (Å²) in [6.07, 6.45) is -4.80. The minimum Gasteiger partial charge on any atom is -0.389 e. The SMILES string of the molecule is CC1(CO)C(=O)NC(=O)[N+]1(C)c1ccc(C#N)c(C(F)(F)F)c1. The number of quaternary nitrogens is 1. The number of carbonyl (C=O) groups excluding carboxylic acids is 2. The van der Waals surface area contributed by atoms with E-state index in [0.29, 0.717) is 6.07 Å². The van der Waals surface area contributed by atoms with Gasteiger partial charge in [0.2, 0.25) is 5.54 Å². The molecule has 9 heteroatoms. The fourth-order valence-electron chi connectivity index (χ4n) is 2.53. The van der Waals surface area contributed by atoms with Crippen LogP contribution >= 0.6 is 0 Å². The van der Waals surface area contributed by atoms with Crippen molar-refractivity contribution in [3.8, 4) is 6.07 Å². The summed E-state index contributed by atoms with van der Waals surface area (Å²) in [4.78, 5) is 24.1. The van der Waals surface area contributed by atoms with Crippen molar-refractivity contribution in [1.29, 1.82) is 5.26 Å². The number of nitrogens with one attached hydrogen (secondary N) is 1. The number of halogens is 3. The maximum atomic E-state index is 13.1. The zero-order chi connectivity index (χ0) is 17.6. The number of likely N-dealkylation sites (N-methyl/N-ethyl adjacent to an activating group) is 1. The smallest absolute Gasteiger partial charge is 0.389 e. The van der Waals surface area contributed by atoms with Gasteiger partial charge in [-0.2, -0.15) is 22.9 Å². The molecule has 23 heavy (non-hydrogen) atoms. The molecule has 2 N–H and O–H groups in total. The topological polar surface area (TPSA) is 90.2 Å². The van der Waals surface area contributed by atoms with Crippen LogP contribution in [-0.4, -0.2) is 36.2 Å². The first-order valence-corrected chi connectivity index (χ1v) is 6.47. The Kier molecular flexibility index (Phi) is 3.71. The molecule has 0 bridgehead atoms. The lowest BCUT2D eigenvalue weighted by molar-refractivity contribution is -0.137. The molecule has 0 spiro atoms. The average Bonchev–Trinajstić information content (AvgIpc) is 2.67. The van der Waals surface area contributed by atoms with E-state index in [2.05, 4.69) is 0 Å². The maximum Gasteiger partial charge on any atom is 0.429 e. The van der Waals surface area contributed by atoms with Crippen molar-refractivity contribution in [2.75, 3.05) is 13.7 Å². The molecule has 1 heterocycles. The average molecular weight is 328 g/mol. The van der Waals surface area contributed by atoms with Crippen LogP contribution in [0, 0.1) is 11.3 Å². The first kappa shape index (κ1) is 16.9. The molecule has 122 valence electrons. The Labute approximate surface area is 129 Å². The quantitative estimate of drug-likeness (QED) is 0.636. The summed E-state index contributed by atoms with van der Waals surface area (Å²) in [5.74, 6) is -0.787. The van der Waals surface area contributed by atoms with Crippen molar-refractivity contribution in [2.24, 2.45) is 0 Å². The molecular formula is C14H13F3N3O3+. The number of imide groups is 1. The molecule has 1 saturated heterocycles. The Morgan fingerprint density at radius 1 is 1.39 bits per heavy atom. The molecule has 3 amide bonds. The van der Waals surface area contributed by atoms with Crippen LogP contribution in [-0.2, 0) is 11.0 Å². The number of aliphatic hydroxyl groups is 1. The van der Waals surface area contributed by atoms with Crippen molar-refractivity contribution in [3.63, 3.8) is 0 Å². The lowest BCUT2D eigenvalue weighted by atomic mass is 9.97. The summed E-state index contributed by atoms with van der Waals surface area (Å²) in [5.41, 5.74) is -3.63. The van der Waals surface area contributed by atoms with Crippen LogP contribution in [0.2, 0.25) is 0 Å². The third-order valence-electron chi connectivity index (χ3n) is 4.36. The van der Waals surface area contributed by atoms with Crippen LogP contribution in [0.5, 0.6) is 0 Å². The van der Waals surface area contributed by atoms with E-state index in [0.717, 1.165) is 6.07 Å². The highest BCUT2D eigenvalue weighted by molar-refractivity contribution is 6.13. The van der Waals surface area contributed by atoms with E-state index in [4.69, 9.17) is 5.26 Å². The zero-order valence-electron chi connectivity index (χ0n) is 12.2. The lowest BCUT2D eigenvalue weighted by Gasteiger charge is -2.36. The van der Waals surface area contributed by atoms with E-state index in [1.807, 2.05) is 5.32 Å². The number of carbonyl (C=O) groups is 2. The van der Waals surface area contributed by atoms with E-state index >= 15 is 0 Å². The molecule has 2 atom stereocenters. The molecule has 1 fully saturated rings. The summed E-state index contributed by atoms with van der Waals surface area (Å²) in [5, 5.41) is 20.4. The number of aliphatic hydroxyl groups excluding tert-OH is 1. The normalized spacial score (nSPS) is 27.7. The Balaban J connectivity index is 2.73. The highest BCUT2D eigenvalue weighted by atomic mass is 19.4. The van der Waals surface area contributed by atoms with Gasteiger partial charge in [0.15, 0.2) is 0 Å². The first-order chi connectivity index (χ1) is 10.5. The van der Waals surface area contributed by atoms with Crippen molar-refractivity contribution >= 4 is 17.6 Å². The molecule has 0 radical (unpaired) electrons. The number of alkyl halides is 3. The van der Waals surface area contributed by atoms with Gasteiger partial charge in [0.25, 0.3) is 5.91 Å². The van der Waals surface area contributed by atoms with Crippen molar-refractivity contribution in [3.05, 3.63) is 29.3 Å². The number of nitrogens with zero attached hydrogens (tertiary/aromatic N) is 2. The van der Waals surface area contributed by atoms with E-state index in [1.165, 1.54) is 26.1 Å². The monoisotopic (exact) mass is 328 g/mol. The molecule has 0 aliphatic carbocycles. The summed E-state index contributed by atoms with van der Waals surface area (Å²) in [7, 11) is 1.23. The van der Waals surface area contributed by atoms with Gasteiger partial charge >= 0.3 is 12.2 Å². The van der Waals surface area contributed by atoms with Crippen LogP contribution in [0.1, 0.15) is 18.1 Å². The Morgan fingerprint density at radius 2 is 2.00 bits per heavy atom. The van der Waals surface area contributed by atoms with Gasteiger partial charge in [-0.25, -0.2) is 10.1 Å². The number of urea groups is 1. The van der Waals surface area contributed by atoms with Crippen molar-refractivity contribution in [2.45, 2.75) is 18.6 Å². The van der Waals surface area contributed by atoms with E-state index < -0.39 is 45.9 Å². The predicted molar refractivity (Wildman–Crippen MR) is 72.9 cm³/mol. The van der Waals surface area contributed by atoms with Gasteiger partial charge in [0, 0.05) is 19.1 Å². The molecule has 2 unspecified atom stereocenters. The van der Waals surface area contributed by atoms with Gasteiger partial charge in [-0.3, -0.25) is 4.79 Å². The van der Waals surface area contributed by atoms with Crippen molar-refractivity contribution < 1.29 is 27.9 Å². The lowest BCUT2D eigenvalue weighted by Crippen LogP contribution is -2.64. The predicted octanol–water partition coefficient (Wildman–Crippen LogP) is 1.51. The minimum atomic E-state index is -4.80. The highest BCUT2D eigenvalue weighted by Gasteiger charge is 2.63. The maximum absolute atomic E-state index is 13.1.